The Kier molecular flexibility index (Phi) is 5.30. The molecule has 23 heavy (non-hydrogen) atoms. The maximum atomic E-state index is 12.0. The number of hydrogen-bond donors (Lipinski definition) is 0. The van der Waals surface area contributed by atoms with E-state index in [2.05, 4.69) is 0 Å². The molecule has 0 aliphatic rings. The summed E-state index contributed by atoms with van der Waals surface area (Å²) in [7, 11) is 0. The first-order valence-electron chi connectivity index (χ1n) is 7.09. The zero-order chi connectivity index (χ0) is 16.8. The highest BCUT2D eigenvalue weighted by Gasteiger charge is 2.18. The molecular weight excluding hydrogens is 298 g/mol. The number of carbonyl (C=O) groups excluding carboxylic acids is 1. The van der Waals surface area contributed by atoms with Crippen LogP contribution >= 0.6 is 0 Å². The SMILES string of the molecule is Cc1cccc(OCCOC(=O)c2cccc([N+](=O)[O-])c2C)c1. The molecule has 0 atom stereocenters. The van der Waals surface area contributed by atoms with Crippen molar-refractivity contribution in [3.05, 3.63) is 69.3 Å². The smallest absolute Gasteiger partial charge is 0.338 e. The zero-order valence-corrected chi connectivity index (χ0v) is 12.9. The molecule has 0 bridgehead atoms. The molecule has 6 heteroatoms. The van der Waals surface area contributed by atoms with Crippen LogP contribution in [0.4, 0.5) is 5.69 Å². The Bertz CT molecular complexity index is 727. The van der Waals surface area contributed by atoms with Crippen molar-refractivity contribution < 1.29 is 19.2 Å². The number of aryl methyl sites for hydroxylation is 1. The van der Waals surface area contributed by atoms with Crippen molar-refractivity contribution in [3.8, 4) is 5.75 Å². The summed E-state index contributed by atoms with van der Waals surface area (Å²) >= 11 is 0. The molecule has 0 aliphatic carbocycles. The second-order valence-corrected chi connectivity index (χ2v) is 5.01. The molecule has 0 saturated heterocycles. The minimum Gasteiger partial charge on any atom is -0.490 e. The van der Waals surface area contributed by atoms with Crippen molar-refractivity contribution in [2.75, 3.05) is 13.2 Å². The van der Waals surface area contributed by atoms with Crippen molar-refractivity contribution in [2.45, 2.75) is 13.8 Å². The van der Waals surface area contributed by atoms with Gasteiger partial charge in [0.05, 0.1) is 10.5 Å². The molecule has 0 fully saturated rings. The lowest BCUT2D eigenvalue weighted by Crippen LogP contribution is -2.13. The zero-order valence-electron chi connectivity index (χ0n) is 12.9. The third kappa shape index (κ3) is 4.29. The topological polar surface area (TPSA) is 78.7 Å². The normalized spacial score (nSPS) is 10.2. The number of nitro groups is 1. The van der Waals surface area contributed by atoms with Gasteiger partial charge in [-0.2, -0.15) is 0 Å². The van der Waals surface area contributed by atoms with Gasteiger partial charge in [0.2, 0.25) is 0 Å². The average molecular weight is 315 g/mol. The molecule has 0 saturated carbocycles. The average Bonchev–Trinajstić information content (AvgIpc) is 2.51. The molecule has 0 N–H and O–H groups in total. The third-order valence-electron chi connectivity index (χ3n) is 3.30. The van der Waals surface area contributed by atoms with Crippen molar-refractivity contribution in [3.63, 3.8) is 0 Å². The Balaban J connectivity index is 1.90. The summed E-state index contributed by atoms with van der Waals surface area (Å²) in [6.45, 7) is 3.76. The second-order valence-electron chi connectivity index (χ2n) is 5.01. The summed E-state index contributed by atoms with van der Waals surface area (Å²) in [6, 6.07) is 11.9. The van der Waals surface area contributed by atoms with Crippen LogP contribution in [0, 0.1) is 24.0 Å². The van der Waals surface area contributed by atoms with E-state index in [1.807, 2.05) is 31.2 Å². The van der Waals surface area contributed by atoms with Crippen molar-refractivity contribution in [1.82, 2.24) is 0 Å². The monoisotopic (exact) mass is 315 g/mol. The summed E-state index contributed by atoms with van der Waals surface area (Å²) < 4.78 is 10.6. The molecular formula is C17H17NO5. The molecule has 2 aromatic rings. The maximum Gasteiger partial charge on any atom is 0.338 e. The lowest BCUT2D eigenvalue weighted by molar-refractivity contribution is -0.385. The van der Waals surface area contributed by atoms with Gasteiger partial charge in [-0.3, -0.25) is 10.1 Å². The van der Waals surface area contributed by atoms with E-state index in [4.69, 9.17) is 9.47 Å². The standard InChI is InChI=1S/C17H17NO5/c1-12-5-3-6-14(11-12)22-9-10-23-17(19)15-7-4-8-16(13(15)2)18(20)21/h3-8,11H,9-10H2,1-2H3. The van der Waals surface area contributed by atoms with E-state index in [1.54, 1.807) is 0 Å². The highest BCUT2D eigenvalue weighted by molar-refractivity contribution is 5.92. The first-order chi connectivity index (χ1) is 11.0. The number of carbonyl (C=O) groups is 1. The Hall–Kier alpha value is -2.89. The van der Waals surface area contributed by atoms with Crippen molar-refractivity contribution in [1.29, 1.82) is 0 Å². The van der Waals surface area contributed by atoms with Crippen LogP contribution in [0.5, 0.6) is 5.75 Å². The van der Waals surface area contributed by atoms with E-state index in [0.717, 1.165) is 5.56 Å². The van der Waals surface area contributed by atoms with Crippen LogP contribution in [-0.4, -0.2) is 24.1 Å². The lowest BCUT2D eigenvalue weighted by Gasteiger charge is -2.09. The number of benzene rings is 2. The van der Waals surface area contributed by atoms with Gasteiger partial charge in [0.1, 0.15) is 19.0 Å². The molecule has 0 heterocycles. The van der Waals surface area contributed by atoms with E-state index >= 15 is 0 Å². The molecule has 2 aromatic carbocycles. The van der Waals surface area contributed by atoms with Crippen LogP contribution in [0.2, 0.25) is 0 Å². The minimum atomic E-state index is -0.598. The number of nitrogens with zero attached hydrogens (tertiary/aromatic N) is 1. The van der Waals surface area contributed by atoms with Crippen LogP contribution in [0.1, 0.15) is 21.5 Å². The predicted octanol–water partition coefficient (Wildman–Crippen LogP) is 3.45. The van der Waals surface area contributed by atoms with Crippen LogP contribution in [-0.2, 0) is 4.74 Å². The van der Waals surface area contributed by atoms with Crippen LogP contribution in [0.25, 0.3) is 0 Å². The maximum absolute atomic E-state index is 12.0. The van der Waals surface area contributed by atoms with Gasteiger partial charge in [0.15, 0.2) is 0 Å². The molecule has 6 nitrogen and oxygen atoms in total. The summed E-state index contributed by atoms with van der Waals surface area (Å²) in [5, 5.41) is 10.9. The second kappa shape index (κ2) is 7.40. The molecule has 0 spiro atoms. The van der Waals surface area contributed by atoms with Gasteiger partial charge in [-0.05, 0) is 37.6 Å². The number of rotatable bonds is 6. The van der Waals surface area contributed by atoms with E-state index < -0.39 is 10.9 Å². The molecule has 0 aliphatic heterocycles. The van der Waals surface area contributed by atoms with E-state index in [1.165, 1.54) is 25.1 Å². The fourth-order valence-electron chi connectivity index (χ4n) is 2.12. The number of esters is 1. The van der Waals surface area contributed by atoms with Gasteiger partial charge < -0.3 is 9.47 Å². The predicted molar refractivity (Wildman–Crippen MR) is 84.8 cm³/mol. The van der Waals surface area contributed by atoms with Crippen molar-refractivity contribution >= 4 is 11.7 Å². The van der Waals surface area contributed by atoms with E-state index in [-0.39, 0.29) is 24.5 Å². The van der Waals surface area contributed by atoms with Gasteiger partial charge in [-0.1, -0.05) is 18.2 Å². The first-order valence-corrected chi connectivity index (χ1v) is 7.09. The molecule has 0 unspecified atom stereocenters. The van der Waals surface area contributed by atoms with Crippen molar-refractivity contribution in [2.24, 2.45) is 0 Å². The van der Waals surface area contributed by atoms with Gasteiger partial charge >= 0.3 is 5.97 Å². The Morgan fingerprint density at radius 1 is 1.13 bits per heavy atom. The lowest BCUT2D eigenvalue weighted by atomic mass is 10.1. The fourth-order valence-corrected chi connectivity index (χ4v) is 2.12. The fraction of sp³-hybridized carbons (Fsp3) is 0.235. The summed E-state index contributed by atoms with van der Waals surface area (Å²) in [5.74, 6) is 0.103. The van der Waals surface area contributed by atoms with Crippen LogP contribution < -0.4 is 4.74 Å². The highest BCUT2D eigenvalue weighted by atomic mass is 16.6. The number of nitro benzene ring substituents is 1. The minimum absolute atomic E-state index is 0.0644. The first kappa shape index (κ1) is 16.5. The summed E-state index contributed by atoms with van der Waals surface area (Å²) in [6.07, 6.45) is 0. The van der Waals surface area contributed by atoms with Gasteiger partial charge in [-0.25, -0.2) is 4.79 Å². The number of hydrogen-bond acceptors (Lipinski definition) is 5. The largest absolute Gasteiger partial charge is 0.490 e. The van der Waals surface area contributed by atoms with Crippen LogP contribution in [0.3, 0.4) is 0 Å². The molecule has 0 aromatic heterocycles. The quantitative estimate of drug-likeness (QED) is 0.353. The third-order valence-corrected chi connectivity index (χ3v) is 3.30. The Labute approximate surface area is 133 Å². The summed E-state index contributed by atoms with van der Waals surface area (Å²) in [5.41, 5.74) is 1.46. The molecule has 0 amide bonds. The summed E-state index contributed by atoms with van der Waals surface area (Å²) in [4.78, 5) is 22.4. The van der Waals surface area contributed by atoms with E-state index in [9.17, 15) is 14.9 Å². The Morgan fingerprint density at radius 3 is 2.57 bits per heavy atom. The van der Waals surface area contributed by atoms with Crippen LogP contribution in [0.15, 0.2) is 42.5 Å². The molecule has 0 radical (unpaired) electrons. The number of ether oxygens (including phenoxy) is 2. The molecule has 120 valence electrons. The van der Waals surface area contributed by atoms with Gasteiger partial charge in [0, 0.05) is 11.6 Å². The van der Waals surface area contributed by atoms with Gasteiger partial charge in [0.25, 0.3) is 5.69 Å². The van der Waals surface area contributed by atoms with Gasteiger partial charge in [-0.15, -0.1) is 0 Å². The Morgan fingerprint density at radius 2 is 1.87 bits per heavy atom. The van der Waals surface area contributed by atoms with E-state index in [0.29, 0.717) is 11.3 Å². The molecule has 2 rings (SSSR count). The highest BCUT2D eigenvalue weighted by Crippen LogP contribution is 2.21.